The predicted molar refractivity (Wildman–Crippen MR) is 9.19 cm³/mol. The van der Waals surface area contributed by atoms with Crippen molar-refractivity contribution in [3.8, 4) is 0 Å². The van der Waals surface area contributed by atoms with E-state index in [9.17, 15) is 0 Å². The van der Waals surface area contributed by atoms with Crippen LogP contribution in [-0.2, 0) is 62.4 Å². The van der Waals surface area contributed by atoms with Crippen molar-refractivity contribution >= 4 is 17.4 Å². The molecule has 8 heavy (non-hydrogen) atoms. The summed E-state index contributed by atoms with van der Waals surface area (Å²) in [5.74, 6) is 0. The van der Waals surface area contributed by atoms with Crippen molar-refractivity contribution in [1.29, 1.82) is 0 Å². The summed E-state index contributed by atoms with van der Waals surface area (Å²) in [4.78, 5) is 0. The molecule has 0 aromatic rings. The molecular formula is AlNiO5V-5. The number of rotatable bonds is 0. The van der Waals surface area contributed by atoms with Crippen LogP contribution < -0.4 is 0 Å². The van der Waals surface area contributed by atoms with Crippen LogP contribution in [0.3, 0.4) is 0 Å². The van der Waals surface area contributed by atoms with Gasteiger partial charge in [0, 0.05) is 18.6 Å². The molecule has 0 aromatic heterocycles. The van der Waals surface area contributed by atoms with Crippen molar-refractivity contribution in [1.82, 2.24) is 0 Å². The Bertz CT molecular complexity index is 12.4. The smallest absolute Gasteiger partial charge is 2.00 e. The van der Waals surface area contributed by atoms with E-state index in [2.05, 4.69) is 0 Å². The zero-order valence-corrected chi connectivity index (χ0v) is 6.92. The average Bonchev–Trinajstić information content (AvgIpc) is 0. The Morgan fingerprint density at radius 2 is 0.500 bits per heavy atom. The van der Waals surface area contributed by atoms with Gasteiger partial charge in [-0.25, -0.2) is 0 Å². The molecule has 0 saturated heterocycles. The van der Waals surface area contributed by atoms with Crippen molar-refractivity contribution in [2.24, 2.45) is 0 Å². The fourth-order valence-electron chi connectivity index (χ4n) is 0. The molecule has 0 aliphatic rings. The molecule has 53 valence electrons. The second kappa shape index (κ2) is 232. The zero-order valence-electron chi connectivity index (χ0n) is 3.38. The maximum absolute atomic E-state index is 0. The molecule has 0 aliphatic heterocycles. The number of hydrogen-bond donors (Lipinski definition) is 0. The van der Waals surface area contributed by atoms with Crippen LogP contribution in [0, 0.1) is 0 Å². The largest absolute Gasteiger partial charge is 3.00 e. The van der Waals surface area contributed by atoms with Gasteiger partial charge in [-0.05, 0) is 0 Å². The topological polar surface area (TPSA) is 142 Å². The van der Waals surface area contributed by atoms with E-state index in [-0.39, 0.29) is 79.8 Å². The van der Waals surface area contributed by atoms with Crippen LogP contribution in [0.1, 0.15) is 0 Å². The standard InChI is InChI=1S/Al.Ni.5O.V/q+3;+2;5*-2;. The molecule has 0 aromatic carbocycles. The van der Waals surface area contributed by atoms with Gasteiger partial charge in [-0.2, -0.15) is 0 Å². The Morgan fingerprint density at radius 3 is 0.500 bits per heavy atom. The summed E-state index contributed by atoms with van der Waals surface area (Å²) in [6.45, 7) is 0. The molecule has 0 unspecified atom stereocenters. The molecule has 5 nitrogen and oxygen atoms in total. The van der Waals surface area contributed by atoms with Gasteiger partial charge >= 0.3 is 33.9 Å². The van der Waals surface area contributed by atoms with Crippen LogP contribution in [0.25, 0.3) is 0 Å². The molecule has 1 radical (unpaired) electrons. The van der Waals surface area contributed by atoms with E-state index in [1.165, 1.54) is 0 Å². The van der Waals surface area contributed by atoms with Gasteiger partial charge in [0.2, 0.25) is 0 Å². The van der Waals surface area contributed by atoms with Gasteiger partial charge in [-0.15, -0.1) is 0 Å². The predicted octanol–water partition coefficient (Wildman–Crippen LogP) is -0.980. The Balaban J connectivity index is 0. The van der Waals surface area contributed by atoms with E-state index in [0.29, 0.717) is 0 Å². The Hall–Kier alpha value is 1.41. The van der Waals surface area contributed by atoms with Crippen molar-refractivity contribution in [3.05, 3.63) is 0 Å². The summed E-state index contributed by atoms with van der Waals surface area (Å²) in [5, 5.41) is 0. The maximum atomic E-state index is 0. The second-order valence-corrected chi connectivity index (χ2v) is 0. The van der Waals surface area contributed by atoms with E-state index in [0.717, 1.165) is 0 Å². The summed E-state index contributed by atoms with van der Waals surface area (Å²) >= 11 is 0. The monoisotopic (exact) mass is 216 g/mol. The fourth-order valence-corrected chi connectivity index (χ4v) is 0. The molecule has 0 spiro atoms. The minimum Gasteiger partial charge on any atom is -2.00 e. The minimum atomic E-state index is 0. The molecule has 0 N–H and O–H groups in total. The summed E-state index contributed by atoms with van der Waals surface area (Å²) in [5.41, 5.74) is 0. The van der Waals surface area contributed by atoms with Crippen LogP contribution in [-0.4, -0.2) is 17.4 Å². The first-order valence-electron chi connectivity index (χ1n) is 0. The van der Waals surface area contributed by atoms with Gasteiger partial charge in [-0.3, -0.25) is 0 Å². The van der Waals surface area contributed by atoms with Crippen molar-refractivity contribution < 1.29 is 62.4 Å². The van der Waals surface area contributed by atoms with Crippen LogP contribution in [0.5, 0.6) is 0 Å². The van der Waals surface area contributed by atoms with Gasteiger partial charge in [0.25, 0.3) is 0 Å². The van der Waals surface area contributed by atoms with Crippen LogP contribution in [0.2, 0.25) is 0 Å². The van der Waals surface area contributed by atoms with Crippen molar-refractivity contribution in [2.75, 3.05) is 0 Å². The normalized spacial score (nSPS) is 0. The fraction of sp³-hybridized carbons (Fsp3) is 0. The molecule has 8 heteroatoms. The first kappa shape index (κ1) is 335. The second-order valence-electron chi connectivity index (χ2n) is 0. The van der Waals surface area contributed by atoms with E-state index in [4.69, 9.17) is 0 Å². The van der Waals surface area contributed by atoms with E-state index < -0.39 is 0 Å². The molecular weight excluding hydrogens is 217 g/mol. The quantitative estimate of drug-likeness (QED) is 0.459. The summed E-state index contributed by atoms with van der Waals surface area (Å²) in [6.07, 6.45) is 0. The van der Waals surface area contributed by atoms with Crippen molar-refractivity contribution in [2.45, 2.75) is 0 Å². The van der Waals surface area contributed by atoms with Gasteiger partial charge in [0.1, 0.15) is 0 Å². The van der Waals surface area contributed by atoms with Gasteiger partial charge < -0.3 is 27.4 Å². The zero-order chi connectivity index (χ0) is 0. The van der Waals surface area contributed by atoms with Crippen LogP contribution in [0.15, 0.2) is 0 Å². The Kier molecular flexibility index (Phi) is 9710. The molecule has 0 heterocycles. The third kappa shape index (κ3) is 153. The molecule has 0 rings (SSSR count). The average molecular weight is 217 g/mol. The van der Waals surface area contributed by atoms with Crippen molar-refractivity contribution in [3.63, 3.8) is 0 Å². The summed E-state index contributed by atoms with van der Waals surface area (Å²) < 4.78 is 0. The first-order valence-corrected chi connectivity index (χ1v) is 0. The molecule has 0 fully saturated rings. The Labute approximate surface area is 79.7 Å². The Morgan fingerprint density at radius 1 is 0.500 bits per heavy atom. The van der Waals surface area contributed by atoms with E-state index in [1.54, 1.807) is 0 Å². The van der Waals surface area contributed by atoms with Gasteiger partial charge in [0.05, 0.1) is 0 Å². The molecule has 0 bridgehead atoms. The summed E-state index contributed by atoms with van der Waals surface area (Å²) in [7, 11) is 0. The van der Waals surface area contributed by atoms with E-state index >= 15 is 0 Å². The molecule has 0 amide bonds. The minimum absolute atomic E-state index is 0. The first-order chi connectivity index (χ1) is 0. The third-order valence-corrected chi connectivity index (χ3v) is 0. The van der Waals surface area contributed by atoms with E-state index in [1.807, 2.05) is 0 Å². The summed E-state index contributed by atoms with van der Waals surface area (Å²) in [6, 6.07) is 0. The molecule has 0 saturated carbocycles. The van der Waals surface area contributed by atoms with Crippen LogP contribution >= 0.6 is 0 Å². The van der Waals surface area contributed by atoms with Gasteiger partial charge in [-0.1, -0.05) is 0 Å². The SMILES string of the molecule is [Al+3].[Ni+2].[O-2].[O-2].[O-2].[O-2].[O-2].[V]. The molecule has 0 aliphatic carbocycles. The molecule has 0 atom stereocenters. The van der Waals surface area contributed by atoms with Gasteiger partial charge in [0.15, 0.2) is 0 Å². The number of hydrogen-bond acceptors (Lipinski definition) is 0. The third-order valence-electron chi connectivity index (χ3n) is 0. The maximum Gasteiger partial charge on any atom is 3.00 e. The van der Waals surface area contributed by atoms with Crippen LogP contribution in [0.4, 0.5) is 0 Å².